The van der Waals surface area contributed by atoms with Crippen molar-refractivity contribution in [2.45, 2.75) is 30.2 Å². The SMILES string of the molecule is COC(=O)C1(NS(=O)(=O)c2ccc3c(C)cnc(N=C(N)N)c3c2)CCOCC1. The van der Waals surface area contributed by atoms with Crippen molar-refractivity contribution in [2.24, 2.45) is 16.5 Å². The Labute approximate surface area is 168 Å². The number of pyridine rings is 1. The Bertz CT molecular complexity index is 1070. The predicted molar refractivity (Wildman–Crippen MR) is 107 cm³/mol. The van der Waals surface area contributed by atoms with Gasteiger partial charge in [0.05, 0.1) is 12.0 Å². The van der Waals surface area contributed by atoms with Gasteiger partial charge in [0.25, 0.3) is 0 Å². The summed E-state index contributed by atoms with van der Waals surface area (Å²) < 4.78 is 38.9. The number of nitrogens with zero attached hydrogens (tertiary/aromatic N) is 2. The number of rotatable bonds is 5. The van der Waals surface area contributed by atoms with Crippen LogP contribution >= 0.6 is 0 Å². The second-order valence-electron chi connectivity index (χ2n) is 6.80. The number of aliphatic imine (C=N–C) groups is 1. The fourth-order valence-electron chi connectivity index (χ4n) is 3.31. The maximum absolute atomic E-state index is 13.1. The Morgan fingerprint density at radius 2 is 1.97 bits per heavy atom. The molecular weight excluding hydrogens is 398 g/mol. The zero-order valence-corrected chi connectivity index (χ0v) is 17.0. The van der Waals surface area contributed by atoms with E-state index in [2.05, 4.69) is 14.7 Å². The molecule has 156 valence electrons. The molecule has 0 atom stereocenters. The number of aryl methyl sites for hydroxylation is 1. The van der Waals surface area contributed by atoms with E-state index in [1.165, 1.54) is 19.2 Å². The Morgan fingerprint density at radius 1 is 1.28 bits per heavy atom. The summed E-state index contributed by atoms with van der Waals surface area (Å²) >= 11 is 0. The molecule has 1 aromatic carbocycles. The highest BCUT2D eigenvalue weighted by Gasteiger charge is 2.44. The number of sulfonamides is 1. The largest absolute Gasteiger partial charge is 0.468 e. The van der Waals surface area contributed by atoms with Crippen LogP contribution in [0.15, 0.2) is 34.3 Å². The van der Waals surface area contributed by atoms with Gasteiger partial charge < -0.3 is 20.9 Å². The number of fused-ring (bicyclic) bond motifs is 1. The van der Waals surface area contributed by atoms with Crippen LogP contribution in [0.4, 0.5) is 5.82 Å². The molecule has 0 spiro atoms. The van der Waals surface area contributed by atoms with Crippen molar-refractivity contribution in [3.8, 4) is 0 Å². The first kappa shape index (κ1) is 21.0. The van der Waals surface area contributed by atoms with E-state index in [9.17, 15) is 13.2 Å². The zero-order chi connectivity index (χ0) is 21.2. The second kappa shape index (κ2) is 7.93. The standard InChI is InChI=1S/C18H23N5O5S/c1-11-10-21-15(22-17(19)20)14-9-12(3-4-13(11)14)29(25,26)23-18(16(24)27-2)5-7-28-8-6-18/h3-4,9-10,23H,5-8H2,1-2H3,(H4,19,20,21,22). The number of methoxy groups -OCH3 is 1. The van der Waals surface area contributed by atoms with E-state index < -0.39 is 21.5 Å². The summed E-state index contributed by atoms with van der Waals surface area (Å²) in [4.78, 5) is 20.5. The predicted octanol–water partition coefficient (Wildman–Crippen LogP) is 0.449. The van der Waals surface area contributed by atoms with Gasteiger partial charge in [0, 0.05) is 37.6 Å². The molecule has 3 rings (SSSR count). The molecule has 10 nitrogen and oxygen atoms in total. The first-order valence-electron chi connectivity index (χ1n) is 8.88. The average molecular weight is 421 g/mol. The molecule has 29 heavy (non-hydrogen) atoms. The van der Waals surface area contributed by atoms with Gasteiger partial charge in [-0.05, 0) is 30.0 Å². The summed E-state index contributed by atoms with van der Waals surface area (Å²) in [6.07, 6.45) is 1.95. The lowest BCUT2D eigenvalue weighted by Gasteiger charge is -2.34. The lowest BCUT2D eigenvalue weighted by Crippen LogP contribution is -2.57. The van der Waals surface area contributed by atoms with Gasteiger partial charge in [-0.15, -0.1) is 0 Å². The van der Waals surface area contributed by atoms with E-state index in [0.29, 0.717) is 5.39 Å². The third-order valence-electron chi connectivity index (χ3n) is 4.83. The highest BCUT2D eigenvalue weighted by molar-refractivity contribution is 7.89. The molecule has 2 heterocycles. The minimum Gasteiger partial charge on any atom is -0.468 e. The molecular formula is C18H23N5O5S. The highest BCUT2D eigenvalue weighted by Crippen LogP contribution is 2.30. The summed E-state index contributed by atoms with van der Waals surface area (Å²) in [5, 5.41) is 1.23. The van der Waals surface area contributed by atoms with E-state index in [4.69, 9.17) is 20.9 Å². The van der Waals surface area contributed by atoms with Gasteiger partial charge in [-0.2, -0.15) is 9.71 Å². The van der Waals surface area contributed by atoms with Gasteiger partial charge in [0.1, 0.15) is 5.54 Å². The minimum atomic E-state index is -4.07. The van der Waals surface area contributed by atoms with Crippen molar-refractivity contribution in [3.63, 3.8) is 0 Å². The molecule has 0 radical (unpaired) electrons. The van der Waals surface area contributed by atoms with Gasteiger partial charge in [-0.25, -0.2) is 13.4 Å². The molecule has 5 N–H and O–H groups in total. The van der Waals surface area contributed by atoms with Crippen LogP contribution in [0.3, 0.4) is 0 Å². The topological polar surface area (TPSA) is 159 Å². The number of nitrogens with one attached hydrogen (secondary N) is 1. The molecule has 2 aromatic rings. The number of hydrogen-bond acceptors (Lipinski definition) is 7. The van der Waals surface area contributed by atoms with E-state index in [1.54, 1.807) is 12.3 Å². The van der Waals surface area contributed by atoms with E-state index in [0.717, 1.165) is 10.9 Å². The smallest absolute Gasteiger partial charge is 0.327 e. The average Bonchev–Trinajstić information content (AvgIpc) is 2.69. The molecule has 0 amide bonds. The maximum atomic E-state index is 13.1. The number of guanidine groups is 1. The van der Waals surface area contributed by atoms with E-state index in [-0.39, 0.29) is 42.7 Å². The van der Waals surface area contributed by atoms with Crippen molar-refractivity contribution >= 4 is 38.5 Å². The van der Waals surface area contributed by atoms with Crippen LogP contribution in [0.5, 0.6) is 0 Å². The van der Waals surface area contributed by atoms with Crippen molar-refractivity contribution in [1.29, 1.82) is 0 Å². The Balaban J connectivity index is 2.08. The highest BCUT2D eigenvalue weighted by atomic mass is 32.2. The Hall–Kier alpha value is -2.76. The number of carbonyl (C=O) groups is 1. The fraction of sp³-hybridized carbons (Fsp3) is 0.389. The van der Waals surface area contributed by atoms with Gasteiger partial charge in [-0.3, -0.25) is 4.79 Å². The van der Waals surface area contributed by atoms with E-state index in [1.807, 2.05) is 6.92 Å². The maximum Gasteiger partial charge on any atom is 0.327 e. The summed E-state index contributed by atoms with van der Waals surface area (Å²) in [7, 11) is -2.85. The summed E-state index contributed by atoms with van der Waals surface area (Å²) in [6.45, 7) is 2.33. The monoisotopic (exact) mass is 421 g/mol. The number of esters is 1. The molecule has 0 aliphatic carbocycles. The van der Waals surface area contributed by atoms with Crippen molar-refractivity contribution in [2.75, 3.05) is 20.3 Å². The first-order chi connectivity index (χ1) is 13.7. The van der Waals surface area contributed by atoms with Crippen molar-refractivity contribution in [1.82, 2.24) is 9.71 Å². The van der Waals surface area contributed by atoms with Crippen LogP contribution in [-0.4, -0.2) is 51.2 Å². The van der Waals surface area contributed by atoms with Crippen LogP contribution in [0.2, 0.25) is 0 Å². The fourth-order valence-corrected chi connectivity index (χ4v) is 4.75. The lowest BCUT2D eigenvalue weighted by molar-refractivity contribution is -0.151. The summed E-state index contributed by atoms with van der Waals surface area (Å²) in [6, 6.07) is 4.55. The second-order valence-corrected chi connectivity index (χ2v) is 8.48. The van der Waals surface area contributed by atoms with Crippen molar-refractivity contribution in [3.05, 3.63) is 30.0 Å². The molecule has 1 aromatic heterocycles. The zero-order valence-electron chi connectivity index (χ0n) is 16.1. The van der Waals surface area contributed by atoms with Gasteiger partial charge in [0.15, 0.2) is 11.8 Å². The number of aromatic nitrogens is 1. The van der Waals surface area contributed by atoms with Crippen LogP contribution in [0, 0.1) is 6.92 Å². The Kier molecular flexibility index (Phi) is 5.73. The molecule has 1 fully saturated rings. The van der Waals surface area contributed by atoms with Crippen LogP contribution in [0.25, 0.3) is 10.8 Å². The number of nitrogens with two attached hydrogens (primary N) is 2. The summed E-state index contributed by atoms with van der Waals surface area (Å²) in [5.41, 5.74) is 10.4. The van der Waals surface area contributed by atoms with Gasteiger partial charge in [0.2, 0.25) is 10.0 Å². The van der Waals surface area contributed by atoms with Gasteiger partial charge >= 0.3 is 5.97 Å². The van der Waals surface area contributed by atoms with Crippen LogP contribution in [-0.2, 0) is 24.3 Å². The minimum absolute atomic E-state index is 0.0424. The molecule has 11 heteroatoms. The number of carbonyl (C=O) groups excluding carboxylic acids is 1. The third kappa shape index (κ3) is 4.16. The quantitative estimate of drug-likeness (QED) is 0.356. The summed E-state index contributed by atoms with van der Waals surface area (Å²) in [5.74, 6) is -0.638. The van der Waals surface area contributed by atoms with Crippen LogP contribution < -0.4 is 16.2 Å². The molecule has 0 bridgehead atoms. The lowest BCUT2D eigenvalue weighted by atomic mass is 9.92. The number of ether oxygens (including phenoxy) is 2. The van der Waals surface area contributed by atoms with Gasteiger partial charge in [-0.1, -0.05) is 6.07 Å². The van der Waals surface area contributed by atoms with E-state index >= 15 is 0 Å². The number of hydrogen-bond donors (Lipinski definition) is 3. The normalized spacial score (nSPS) is 16.3. The molecule has 1 aliphatic heterocycles. The third-order valence-corrected chi connectivity index (χ3v) is 6.37. The van der Waals surface area contributed by atoms with Crippen LogP contribution in [0.1, 0.15) is 18.4 Å². The molecule has 1 saturated heterocycles. The Morgan fingerprint density at radius 3 is 2.59 bits per heavy atom. The number of benzene rings is 1. The molecule has 0 unspecified atom stereocenters. The molecule has 0 saturated carbocycles. The molecule has 1 aliphatic rings. The van der Waals surface area contributed by atoms with Crippen molar-refractivity contribution < 1.29 is 22.7 Å². The first-order valence-corrected chi connectivity index (χ1v) is 10.4.